The predicted octanol–water partition coefficient (Wildman–Crippen LogP) is 4.45. The number of aromatic carboxylic acids is 1. The number of hydrogen-bond acceptors (Lipinski definition) is 6. The van der Waals surface area contributed by atoms with Gasteiger partial charge in [0.25, 0.3) is 5.91 Å². The first kappa shape index (κ1) is 26.2. The number of nitrogens with two attached hydrogens (primary N) is 1. The van der Waals surface area contributed by atoms with Gasteiger partial charge in [0.15, 0.2) is 11.5 Å². The number of pyridine rings is 1. The highest BCUT2D eigenvalue weighted by Gasteiger charge is 2.18. The Morgan fingerprint density at radius 3 is 2.31 bits per heavy atom. The summed E-state index contributed by atoms with van der Waals surface area (Å²) in [6, 6.07) is 16.2. The number of benzene rings is 2. The van der Waals surface area contributed by atoms with E-state index < -0.39 is 5.97 Å². The van der Waals surface area contributed by atoms with Crippen molar-refractivity contribution in [2.75, 3.05) is 26.1 Å². The number of carbonyl (C=O) groups excluding carboxylic acids is 1. The molecule has 0 unspecified atom stereocenters. The second-order valence-electron chi connectivity index (χ2n) is 8.63. The van der Waals surface area contributed by atoms with Gasteiger partial charge in [0, 0.05) is 41.0 Å². The average molecular weight is 491 g/mol. The molecule has 2 aromatic heterocycles. The van der Waals surface area contributed by atoms with Crippen molar-refractivity contribution in [2.24, 2.45) is 5.73 Å². The summed E-state index contributed by atoms with van der Waals surface area (Å²) in [6.45, 7) is 4.73. The van der Waals surface area contributed by atoms with Gasteiger partial charge in [0.05, 0.1) is 19.8 Å². The van der Waals surface area contributed by atoms with Crippen LogP contribution in [0.2, 0.25) is 0 Å². The van der Waals surface area contributed by atoms with E-state index in [0.29, 0.717) is 29.3 Å². The minimum atomic E-state index is -0.953. The zero-order valence-corrected chi connectivity index (χ0v) is 20.7. The Labute approximate surface area is 209 Å². The first-order chi connectivity index (χ1) is 17.2. The molecule has 188 valence electrons. The maximum Gasteiger partial charge on any atom is 0.337 e. The topological polar surface area (TPSA) is 140 Å². The molecular formula is C27H30N4O5. The Hall–Kier alpha value is -4.37. The molecule has 36 heavy (non-hydrogen) atoms. The van der Waals surface area contributed by atoms with Gasteiger partial charge in [-0.3, -0.25) is 4.79 Å². The van der Waals surface area contributed by atoms with Crippen molar-refractivity contribution in [2.45, 2.75) is 19.3 Å². The smallest absolute Gasteiger partial charge is 0.337 e. The lowest BCUT2D eigenvalue weighted by molar-refractivity contribution is 0.0696. The first-order valence-electron chi connectivity index (χ1n) is 11.2. The standard InChI is InChI=1S/C19H24N2O3.C8H6N2O2/c1-19(2,12-20)14-6-8-15(9-7-14)21-18(22)13-5-10-16(23-3)17(11-13)24-4;11-8(12)6-3-5-1-2-9-7(5)10-4-6/h5-11H,12,20H2,1-4H3,(H,21,22);1-4H,(H,9,10)(H,11,12). The normalized spacial score (nSPS) is 10.8. The van der Waals surface area contributed by atoms with Gasteiger partial charge in [-0.2, -0.15) is 0 Å². The summed E-state index contributed by atoms with van der Waals surface area (Å²) in [5.74, 6) is -0.0556. The molecule has 0 aliphatic rings. The molecule has 9 nitrogen and oxygen atoms in total. The van der Waals surface area contributed by atoms with Crippen LogP contribution < -0.4 is 20.5 Å². The van der Waals surface area contributed by atoms with Gasteiger partial charge in [-0.1, -0.05) is 26.0 Å². The fourth-order valence-corrected chi connectivity index (χ4v) is 3.36. The van der Waals surface area contributed by atoms with Gasteiger partial charge in [-0.15, -0.1) is 0 Å². The number of carboxylic acid groups (broad SMARTS) is 1. The monoisotopic (exact) mass is 490 g/mol. The van der Waals surface area contributed by atoms with Crippen molar-refractivity contribution in [1.82, 2.24) is 9.97 Å². The Morgan fingerprint density at radius 2 is 1.69 bits per heavy atom. The number of carboxylic acids is 1. The minimum Gasteiger partial charge on any atom is -0.493 e. The highest BCUT2D eigenvalue weighted by Crippen LogP contribution is 2.28. The van der Waals surface area contributed by atoms with Gasteiger partial charge >= 0.3 is 5.97 Å². The number of anilines is 1. The number of H-pyrrole nitrogens is 1. The van der Waals surface area contributed by atoms with Crippen LogP contribution in [0.4, 0.5) is 5.69 Å². The Kier molecular flexibility index (Phi) is 8.29. The summed E-state index contributed by atoms with van der Waals surface area (Å²) in [7, 11) is 3.10. The van der Waals surface area contributed by atoms with E-state index >= 15 is 0 Å². The summed E-state index contributed by atoms with van der Waals surface area (Å²) >= 11 is 0. The van der Waals surface area contributed by atoms with Crippen molar-refractivity contribution < 1.29 is 24.2 Å². The fraction of sp³-hybridized carbons (Fsp3) is 0.222. The number of methoxy groups -OCH3 is 2. The number of rotatable bonds is 7. The molecule has 0 spiro atoms. The zero-order valence-electron chi connectivity index (χ0n) is 20.7. The Balaban J connectivity index is 0.000000249. The number of amides is 1. The molecule has 5 N–H and O–H groups in total. The molecule has 1 amide bonds. The van der Waals surface area contributed by atoms with E-state index in [-0.39, 0.29) is 16.9 Å². The number of nitrogens with zero attached hydrogens (tertiary/aromatic N) is 1. The van der Waals surface area contributed by atoms with E-state index in [9.17, 15) is 9.59 Å². The van der Waals surface area contributed by atoms with E-state index in [2.05, 4.69) is 29.1 Å². The van der Waals surface area contributed by atoms with Gasteiger partial charge in [-0.05, 0) is 48.0 Å². The SMILES string of the molecule is COc1ccc(C(=O)Nc2ccc(C(C)(C)CN)cc2)cc1OC.O=C(O)c1cnc2[nH]ccc2c1. The fourth-order valence-electron chi connectivity index (χ4n) is 3.36. The zero-order chi connectivity index (χ0) is 26.3. The summed E-state index contributed by atoms with van der Waals surface area (Å²) < 4.78 is 10.4. The van der Waals surface area contributed by atoms with Gasteiger partial charge in [0.2, 0.25) is 0 Å². The van der Waals surface area contributed by atoms with Gasteiger partial charge in [-0.25, -0.2) is 9.78 Å². The molecule has 2 heterocycles. The molecule has 0 radical (unpaired) electrons. The highest BCUT2D eigenvalue weighted by molar-refractivity contribution is 6.04. The molecule has 0 bridgehead atoms. The van der Waals surface area contributed by atoms with Crippen LogP contribution in [-0.2, 0) is 5.41 Å². The number of fused-ring (bicyclic) bond motifs is 1. The number of aromatic amines is 1. The third-order valence-electron chi connectivity index (χ3n) is 5.73. The van der Waals surface area contributed by atoms with Crippen LogP contribution in [-0.4, -0.2) is 47.7 Å². The van der Waals surface area contributed by atoms with Crippen LogP contribution in [0.5, 0.6) is 11.5 Å². The Morgan fingerprint density at radius 1 is 1.00 bits per heavy atom. The summed E-state index contributed by atoms with van der Waals surface area (Å²) in [6.07, 6.45) is 3.06. The maximum absolute atomic E-state index is 12.4. The number of aromatic nitrogens is 2. The molecule has 0 fully saturated rings. The summed E-state index contributed by atoms with van der Waals surface area (Å²) in [5, 5.41) is 12.3. The molecule has 0 atom stereocenters. The molecule has 4 rings (SSSR count). The van der Waals surface area contributed by atoms with Crippen LogP contribution >= 0.6 is 0 Å². The van der Waals surface area contributed by atoms with E-state index in [1.54, 1.807) is 43.6 Å². The van der Waals surface area contributed by atoms with Gasteiger partial charge in [0.1, 0.15) is 5.65 Å². The van der Waals surface area contributed by atoms with Crippen LogP contribution in [0.25, 0.3) is 11.0 Å². The second kappa shape index (κ2) is 11.4. The third kappa shape index (κ3) is 6.19. The lowest BCUT2D eigenvalue weighted by Gasteiger charge is -2.23. The van der Waals surface area contributed by atoms with E-state index in [1.165, 1.54) is 13.3 Å². The number of ether oxygens (including phenoxy) is 2. The minimum absolute atomic E-state index is 0.0914. The quantitative estimate of drug-likeness (QED) is 0.300. The second-order valence-corrected chi connectivity index (χ2v) is 8.63. The summed E-state index contributed by atoms with van der Waals surface area (Å²) in [5.41, 5.74) is 8.98. The predicted molar refractivity (Wildman–Crippen MR) is 139 cm³/mol. The lowest BCUT2D eigenvalue weighted by Crippen LogP contribution is -2.27. The van der Waals surface area contributed by atoms with E-state index in [4.69, 9.17) is 20.3 Å². The van der Waals surface area contributed by atoms with Crippen molar-refractivity contribution in [3.63, 3.8) is 0 Å². The Bertz CT molecular complexity index is 1350. The first-order valence-corrected chi connectivity index (χ1v) is 11.2. The largest absolute Gasteiger partial charge is 0.493 e. The van der Waals surface area contributed by atoms with Crippen LogP contribution in [0.3, 0.4) is 0 Å². The molecule has 0 aliphatic heterocycles. The number of nitrogens with one attached hydrogen (secondary N) is 2. The van der Waals surface area contributed by atoms with Crippen molar-refractivity contribution >= 4 is 28.6 Å². The van der Waals surface area contributed by atoms with Crippen molar-refractivity contribution in [3.8, 4) is 11.5 Å². The third-order valence-corrected chi connectivity index (χ3v) is 5.73. The van der Waals surface area contributed by atoms with Crippen molar-refractivity contribution in [1.29, 1.82) is 0 Å². The van der Waals surface area contributed by atoms with Crippen molar-refractivity contribution in [3.05, 3.63) is 83.7 Å². The number of carbonyl (C=O) groups is 2. The lowest BCUT2D eigenvalue weighted by atomic mass is 9.85. The molecule has 0 aliphatic carbocycles. The van der Waals surface area contributed by atoms with Crippen LogP contribution in [0.15, 0.2) is 67.0 Å². The maximum atomic E-state index is 12.4. The molecule has 0 saturated carbocycles. The van der Waals surface area contributed by atoms with E-state index in [0.717, 1.165) is 16.6 Å². The summed E-state index contributed by atoms with van der Waals surface area (Å²) in [4.78, 5) is 29.7. The number of hydrogen-bond donors (Lipinski definition) is 4. The average Bonchev–Trinajstić information content (AvgIpc) is 3.37. The molecule has 9 heteroatoms. The molecule has 4 aromatic rings. The highest BCUT2D eigenvalue weighted by atomic mass is 16.5. The van der Waals surface area contributed by atoms with Crippen LogP contribution in [0.1, 0.15) is 40.1 Å². The molecule has 0 saturated heterocycles. The van der Waals surface area contributed by atoms with Gasteiger partial charge < -0.3 is 30.6 Å². The molecular weight excluding hydrogens is 460 g/mol. The molecule has 2 aromatic carbocycles. The van der Waals surface area contributed by atoms with E-state index in [1.807, 2.05) is 24.3 Å². The van der Waals surface area contributed by atoms with Crippen LogP contribution in [0, 0.1) is 0 Å².